The van der Waals surface area contributed by atoms with Gasteiger partial charge in [0.15, 0.2) is 17.1 Å². The number of aryl methyl sites for hydroxylation is 1. The van der Waals surface area contributed by atoms with E-state index in [9.17, 15) is 8.42 Å². The molecule has 1 fully saturated rings. The molecule has 4 aromatic rings. The maximum atomic E-state index is 13.3. The summed E-state index contributed by atoms with van der Waals surface area (Å²) in [6.45, 7) is 2.77. The first-order valence-corrected chi connectivity index (χ1v) is 13.1. The van der Waals surface area contributed by atoms with Crippen molar-refractivity contribution in [3.05, 3.63) is 59.5 Å². The number of imidazole rings is 1. The lowest BCUT2D eigenvalue weighted by Crippen LogP contribution is -2.39. The maximum Gasteiger partial charge on any atom is 0.243 e. The molecular formula is C24H22ClN5O4S. The molecule has 0 unspecified atom stereocenters. The van der Waals surface area contributed by atoms with E-state index in [4.69, 9.17) is 31.0 Å². The SMILES string of the molecule is Cc1ccc2nc(-c3cccnc3Cl)n(C3CCN(S(=O)(=O)c4ccc5c(c4)OCO5)CC3)c2n1. The molecule has 11 heteroatoms. The van der Waals surface area contributed by atoms with Crippen LogP contribution in [0.15, 0.2) is 53.6 Å². The van der Waals surface area contributed by atoms with E-state index < -0.39 is 10.0 Å². The molecule has 35 heavy (non-hydrogen) atoms. The minimum atomic E-state index is -3.67. The van der Waals surface area contributed by atoms with Gasteiger partial charge < -0.3 is 14.0 Å². The molecule has 0 atom stereocenters. The van der Waals surface area contributed by atoms with Gasteiger partial charge >= 0.3 is 0 Å². The number of fused-ring (bicyclic) bond motifs is 2. The number of hydrogen-bond acceptors (Lipinski definition) is 7. The molecule has 2 aliphatic rings. The summed E-state index contributed by atoms with van der Waals surface area (Å²) in [6.07, 6.45) is 2.85. The molecule has 2 aliphatic heterocycles. The fraction of sp³-hybridized carbons (Fsp3) is 0.292. The smallest absolute Gasteiger partial charge is 0.243 e. The van der Waals surface area contributed by atoms with Gasteiger partial charge in [-0.25, -0.2) is 23.4 Å². The van der Waals surface area contributed by atoms with Crippen LogP contribution in [-0.4, -0.2) is 52.1 Å². The number of nitrogens with zero attached hydrogens (tertiary/aromatic N) is 5. The summed E-state index contributed by atoms with van der Waals surface area (Å²) >= 11 is 6.43. The Balaban J connectivity index is 1.32. The Labute approximate surface area is 207 Å². The Hall–Kier alpha value is -3.21. The number of halogens is 1. The molecule has 5 heterocycles. The minimum Gasteiger partial charge on any atom is -0.454 e. The third-order valence-electron chi connectivity index (χ3n) is 6.45. The molecule has 0 N–H and O–H groups in total. The number of hydrogen-bond donors (Lipinski definition) is 0. The Morgan fingerprint density at radius 1 is 1.03 bits per heavy atom. The maximum absolute atomic E-state index is 13.3. The molecule has 1 aromatic carbocycles. The molecule has 180 valence electrons. The predicted molar refractivity (Wildman–Crippen MR) is 130 cm³/mol. The zero-order valence-electron chi connectivity index (χ0n) is 18.9. The first kappa shape index (κ1) is 22.3. The number of benzene rings is 1. The second kappa shape index (κ2) is 8.47. The quantitative estimate of drug-likeness (QED) is 0.378. The van der Waals surface area contributed by atoms with Crippen molar-refractivity contribution >= 4 is 32.8 Å². The summed E-state index contributed by atoms with van der Waals surface area (Å²) in [7, 11) is -3.67. The van der Waals surface area contributed by atoms with Crippen LogP contribution in [0.2, 0.25) is 5.15 Å². The van der Waals surface area contributed by atoms with Crippen LogP contribution >= 0.6 is 11.6 Å². The molecule has 0 amide bonds. The van der Waals surface area contributed by atoms with E-state index in [1.807, 2.05) is 31.2 Å². The van der Waals surface area contributed by atoms with E-state index in [-0.39, 0.29) is 17.7 Å². The molecule has 9 nitrogen and oxygen atoms in total. The van der Waals surface area contributed by atoms with E-state index in [0.717, 1.165) is 22.4 Å². The monoisotopic (exact) mass is 511 g/mol. The van der Waals surface area contributed by atoms with E-state index in [1.54, 1.807) is 18.3 Å². The Morgan fingerprint density at radius 3 is 2.63 bits per heavy atom. The van der Waals surface area contributed by atoms with Crippen molar-refractivity contribution in [3.8, 4) is 22.9 Å². The topological polar surface area (TPSA) is 99.4 Å². The summed E-state index contributed by atoms with van der Waals surface area (Å²) in [5.41, 5.74) is 3.13. The Kier molecular flexibility index (Phi) is 5.39. The van der Waals surface area contributed by atoms with Crippen molar-refractivity contribution in [2.24, 2.45) is 0 Å². The lowest BCUT2D eigenvalue weighted by atomic mass is 10.1. The second-order valence-electron chi connectivity index (χ2n) is 8.59. The summed E-state index contributed by atoms with van der Waals surface area (Å²) in [5, 5.41) is 0.364. The van der Waals surface area contributed by atoms with E-state index in [2.05, 4.69) is 9.55 Å². The van der Waals surface area contributed by atoms with Gasteiger partial charge in [-0.2, -0.15) is 4.31 Å². The number of aromatic nitrogens is 4. The highest BCUT2D eigenvalue weighted by molar-refractivity contribution is 7.89. The van der Waals surface area contributed by atoms with Gasteiger partial charge in [0.1, 0.15) is 16.5 Å². The van der Waals surface area contributed by atoms with Crippen molar-refractivity contribution in [1.29, 1.82) is 0 Å². The molecular weight excluding hydrogens is 490 g/mol. The molecule has 0 spiro atoms. The van der Waals surface area contributed by atoms with Crippen molar-refractivity contribution in [1.82, 2.24) is 23.8 Å². The van der Waals surface area contributed by atoms with Crippen molar-refractivity contribution in [2.75, 3.05) is 19.9 Å². The average Bonchev–Trinajstić information content (AvgIpc) is 3.48. The molecule has 1 saturated heterocycles. The zero-order valence-corrected chi connectivity index (χ0v) is 20.5. The first-order valence-electron chi connectivity index (χ1n) is 11.3. The summed E-state index contributed by atoms with van der Waals surface area (Å²) < 4.78 is 41.0. The van der Waals surface area contributed by atoms with Gasteiger partial charge in [-0.15, -0.1) is 0 Å². The van der Waals surface area contributed by atoms with Crippen LogP contribution in [0.5, 0.6) is 11.5 Å². The van der Waals surface area contributed by atoms with Gasteiger partial charge in [-0.1, -0.05) is 11.6 Å². The summed E-state index contributed by atoms with van der Waals surface area (Å²) in [6, 6.07) is 12.3. The fourth-order valence-electron chi connectivity index (χ4n) is 4.68. The van der Waals surface area contributed by atoms with E-state index in [0.29, 0.717) is 48.4 Å². The third kappa shape index (κ3) is 3.81. The predicted octanol–water partition coefficient (Wildman–Crippen LogP) is 4.21. The molecule has 0 saturated carbocycles. The van der Waals surface area contributed by atoms with Crippen molar-refractivity contribution in [2.45, 2.75) is 30.7 Å². The number of rotatable bonds is 4. The molecule has 0 bridgehead atoms. The van der Waals surface area contributed by atoms with Crippen LogP contribution in [-0.2, 0) is 10.0 Å². The fourth-order valence-corrected chi connectivity index (χ4v) is 6.37. The summed E-state index contributed by atoms with van der Waals surface area (Å²) in [5.74, 6) is 1.69. The molecule has 6 rings (SSSR count). The van der Waals surface area contributed by atoms with Gasteiger partial charge in [-0.3, -0.25) is 0 Å². The Morgan fingerprint density at radius 2 is 1.83 bits per heavy atom. The van der Waals surface area contributed by atoms with Crippen LogP contribution in [0.25, 0.3) is 22.6 Å². The molecule has 0 radical (unpaired) electrons. The van der Waals surface area contributed by atoms with Crippen LogP contribution in [0.3, 0.4) is 0 Å². The average molecular weight is 512 g/mol. The molecule has 3 aromatic heterocycles. The van der Waals surface area contributed by atoms with Crippen molar-refractivity contribution in [3.63, 3.8) is 0 Å². The normalized spacial score (nSPS) is 16.7. The summed E-state index contributed by atoms with van der Waals surface area (Å²) in [4.78, 5) is 14.0. The van der Waals surface area contributed by atoms with Gasteiger partial charge in [0.2, 0.25) is 16.8 Å². The van der Waals surface area contributed by atoms with Gasteiger partial charge in [0.25, 0.3) is 0 Å². The lowest BCUT2D eigenvalue weighted by molar-refractivity contribution is 0.174. The third-order valence-corrected chi connectivity index (χ3v) is 8.64. The zero-order chi connectivity index (χ0) is 24.2. The van der Waals surface area contributed by atoms with Crippen molar-refractivity contribution < 1.29 is 17.9 Å². The van der Waals surface area contributed by atoms with Crippen LogP contribution in [0, 0.1) is 6.92 Å². The number of pyridine rings is 2. The Bertz CT molecular complexity index is 1550. The number of ether oxygens (including phenoxy) is 2. The first-order chi connectivity index (χ1) is 16.9. The van der Waals surface area contributed by atoms with Crippen LogP contribution < -0.4 is 9.47 Å². The van der Waals surface area contributed by atoms with E-state index >= 15 is 0 Å². The lowest BCUT2D eigenvalue weighted by Gasteiger charge is -2.32. The number of piperidine rings is 1. The highest BCUT2D eigenvalue weighted by atomic mass is 35.5. The largest absolute Gasteiger partial charge is 0.454 e. The van der Waals surface area contributed by atoms with Crippen LogP contribution in [0.4, 0.5) is 0 Å². The van der Waals surface area contributed by atoms with Gasteiger partial charge in [0.05, 0.1) is 10.5 Å². The highest BCUT2D eigenvalue weighted by Gasteiger charge is 2.33. The van der Waals surface area contributed by atoms with Gasteiger partial charge in [0, 0.05) is 37.1 Å². The highest BCUT2D eigenvalue weighted by Crippen LogP contribution is 2.38. The number of sulfonamides is 1. The standard InChI is InChI=1S/C24H22ClN5O4S/c1-15-4-6-19-24(27-15)30(23(28-19)18-3-2-10-26-22(18)25)16-8-11-29(12-9-16)35(31,32)17-5-7-20-21(13-17)34-14-33-20/h2-7,10,13,16H,8-9,11-12,14H2,1H3. The van der Waals surface area contributed by atoms with E-state index in [1.165, 1.54) is 10.4 Å². The second-order valence-corrected chi connectivity index (χ2v) is 10.9. The molecule has 0 aliphatic carbocycles. The minimum absolute atomic E-state index is 0.00350. The van der Waals surface area contributed by atoms with Crippen LogP contribution in [0.1, 0.15) is 24.6 Å². The van der Waals surface area contributed by atoms with Gasteiger partial charge in [-0.05, 0) is 56.2 Å².